The molecule has 2 amide bonds. The number of benzene rings is 2. The Kier molecular flexibility index (Phi) is 4.34. The number of hydrogen-bond acceptors (Lipinski definition) is 5. The number of aryl methyl sites for hydroxylation is 1. The van der Waals surface area contributed by atoms with Crippen LogP contribution < -0.4 is 15.0 Å². The van der Waals surface area contributed by atoms with E-state index in [1.54, 1.807) is 31.2 Å². The summed E-state index contributed by atoms with van der Waals surface area (Å²) in [4.78, 5) is 36.0. The molecule has 0 radical (unpaired) electrons. The molecule has 128 valence electrons. The average molecular weight is 341 g/mol. The molecule has 25 heavy (non-hydrogen) atoms. The van der Waals surface area contributed by atoms with E-state index in [9.17, 15) is 19.7 Å². The molecule has 1 aliphatic rings. The van der Waals surface area contributed by atoms with Crippen LogP contribution in [0, 0.1) is 17.0 Å². The second-order valence-corrected chi connectivity index (χ2v) is 5.54. The summed E-state index contributed by atoms with van der Waals surface area (Å²) in [6, 6.07) is 11.1. The van der Waals surface area contributed by atoms with Crippen LogP contribution in [-0.2, 0) is 9.59 Å². The molecule has 0 aliphatic carbocycles. The van der Waals surface area contributed by atoms with Crippen LogP contribution in [0.15, 0.2) is 42.5 Å². The summed E-state index contributed by atoms with van der Waals surface area (Å²) in [7, 11) is 0. The lowest BCUT2D eigenvalue weighted by Gasteiger charge is -2.28. The zero-order valence-electron chi connectivity index (χ0n) is 13.4. The molecule has 0 aromatic heterocycles. The fourth-order valence-corrected chi connectivity index (χ4v) is 2.56. The van der Waals surface area contributed by atoms with Crippen LogP contribution in [0.5, 0.6) is 5.75 Å². The van der Waals surface area contributed by atoms with Crippen molar-refractivity contribution in [2.75, 3.05) is 23.4 Å². The van der Waals surface area contributed by atoms with E-state index < -0.39 is 10.8 Å². The van der Waals surface area contributed by atoms with Crippen LogP contribution in [0.25, 0.3) is 0 Å². The van der Waals surface area contributed by atoms with E-state index in [0.717, 1.165) is 0 Å². The molecule has 1 N–H and O–H groups in total. The minimum absolute atomic E-state index is 0.0483. The fraction of sp³-hybridized carbons (Fsp3) is 0.176. The molecule has 0 unspecified atom stereocenters. The molecule has 3 rings (SSSR count). The molecule has 0 fully saturated rings. The number of nitrogens with one attached hydrogen (secondary N) is 1. The Balaban J connectivity index is 1.75. The number of nitrogens with zero attached hydrogens (tertiary/aromatic N) is 2. The van der Waals surface area contributed by atoms with Crippen molar-refractivity contribution in [3.05, 3.63) is 58.1 Å². The SMILES string of the molecule is Cc1cc([N+](=O)[O-])ccc1NC(=O)CN1C(=O)COc2ccccc21. The number of hydrogen-bond donors (Lipinski definition) is 1. The molecular formula is C17H15N3O5. The molecular weight excluding hydrogens is 326 g/mol. The molecule has 8 heteroatoms. The highest BCUT2D eigenvalue weighted by Crippen LogP contribution is 2.31. The fourth-order valence-electron chi connectivity index (χ4n) is 2.56. The Morgan fingerprint density at radius 1 is 1.32 bits per heavy atom. The summed E-state index contributed by atoms with van der Waals surface area (Å²) in [6.45, 7) is 1.37. The lowest BCUT2D eigenvalue weighted by molar-refractivity contribution is -0.384. The molecule has 0 saturated carbocycles. The van der Waals surface area contributed by atoms with E-state index in [1.807, 2.05) is 0 Å². The number of amides is 2. The lowest BCUT2D eigenvalue weighted by atomic mass is 10.1. The van der Waals surface area contributed by atoms with Gasteiger partial charge in [0, 0.05) is 17.8 Å². The first-order valence-electron chi connectivity index (χ1n) is 7.53. The summed E-state index contributed by atoms with van der Waals surface area (Å²) in [5, 5.41) is 13.4. The zero-order chi connectivity index (χ0) is 18.0. The van der Waals surface area contributed by atoms with Crippen molar-refractivity contribution >= 4 is 28.9 Å². The van der Waals surface area contributed by atoms with Gasteiger partial charge in [0.2, 0.25) is 5.91 Å². The number of para-hydroxylation sites is 2. The number of carbonyl (C=O) groups is 2. The van der Waals surface area contributed by atoms with Gasteiger partial charge in [0.1, 0.15) is 12.3 Å². The highest BCUT2D eigenvalue weighted by Gasteiger charge is 2.27. The van der Waals surface area contributed by atoms with E-state index in [-0.39, 0.29) is 24.7 Å². The molecule has 1 aliphatic heterocycles. The van der Waals surface area contributed by atoms with E-state index in [4.69, 9.17) is 4.74 Å². The van der Waals surface area contributed by atoms with Crippen LogP contribution in [-0.4, -0.2) is 29.9 Å². The third kappa shape index (κ3) is 3.42. The number of rotatable bonds is 4. The topological polar surface area (TPSA) is 102 Å². The first-order chi connectivity index (χ1) is 12.0. The van der Waals surface area contributed by atoms with Gasteiger partial charge in [-0.2, -0.15) is 0 Å². The van der Waals surface area contributed by atoms with Crippen molar-refractivity contribution in [2.24, 2.45) is 0 Å². The molecule has 1 heterocycles. The smallest absolute Gasteiger partial charge is 0.269 e. The van der Waals surface area contributed by atoms with E-state index in [2.05, 4.69) is 5.32 Å². The number of nitro groups is 1. The monoisotopic (exact) mass is 341 g/mol. The number of carbonyl (C=O) groups excluding carboxylic acids is 2. The summed E-state index contributed by atoms with van der Waals surface area (Å²) < 4.78 is 5.33. The van der Waals surface area contributed by atoms with Gasteiger partial charge in [-0.05, 0) is 30.7 Å². The first kappa shape index (κ1) is 16.4. The summed E-state index contributed by atoms with van der Waals surface area (Å²) in [5.74, 6) is -0.169. The van der Waals surface area contributed by atoms with Gasteiger partial charge in [-0.3, -0.25) is 24.6 Å². The quantitative estimate of drug-likeness (QED) is 0.679. The Hall–Kier alpha value is -3.42. The normalized spacial score (nSPS) is 13.0. The maximum absolute atomic E-state index is 12.3. The second kappa shape index (κ2) is 6.60. The minimum Gasteiger partial charge on any atom is -0.482 e. The maximum atomic E-state index is 12.3. The van der Waals surface area contributed by atoms with Crippen LogP contribution in [0.4, 0.5) is 17.1 Å². The van der Waals surface area contributed by atoms with Crippen molar-refractivity contribution in [3.8, 4) is 5.75 Å². The Morgan fingerprint density at radius 3 is 2.80 bits per heavy atom. The molecule has 0 saturated heterocycles. The average Bonchev–Trinajstić information content (AvgIpc) is 2.59. The van der Waals surface area contributed by atoms with Gasteiger partial charge < -0.3 is 10.1 Å². The predicted octanol–water partition coefficient (Wildman–Crippen LogP) is 2.27. The van der Waals surface area contributed by atoms with Gasteiger partial charge in [0.05, 0.1) is 10.6 Å². The highest BCUT2D eigenvalue weighted by molar-refractivity contribution is 6.05. The number of nitro benzene ring substituents is 1. The largest absolute Gasteiger partial charge is 0.482 e. The molecule has 0 spiro atoms. The number of anilines is 2. The first-order valence-corrected chi connectivity index (χ1v) is 7.53. The summed E-state index contributed by atoms with van der Waals surface area (Å²) in [5.41, 5.74) is 1.52. The lowest BCUT2D eigenvalue weighted by Crippen LogP contribution is -2.43. The van der Waals surface area contributed by atoms with Crippen LogP contribution in [0.1, 0.15) is 5.56 Å². The zero-order valence-corrected chi connectivity index (χ0v) is 13.4. The Labute approximate surface area is 143 Å². The third-order valence-electron chi connectivity index (χ3n) is 3.80. The number of non-ortho nitro benzene ring substituents is 1. The van der Waals surface area contributed by atoms with E-state index in [1.165, 1.54) is 23.1 Å². The molecule has 2 aromatic rings. The molecule has 0 bridgehead atoms. The third-order valence-corrected chi connectivity index (χ3v) is 3.80. The van der Waals surface area contributed by atoms with Crippen LogP contribution in [0.2, 0.25) is 0 Å². The van der Waals surface area contributed by atoms with Gasteiger partial charge in [0.15, 0.2) is 6.61 Å². The van der Waals surface area contributed by atoms with Crippen molar-refractivity contribution in [1.82, 2.24) is 0 Å². The van der Waals surface area contributed by atoms with Crippen molar-refractivity contribution < 1.29 is 19.2 Å². The van der Waals surface area contributed by atoms with Gasteiger partial charge in [-0.1, -0.05) is 12.1 Å². The number of fused-ring (bicyclic) bond motifs is 1. The number of ether oxygens (including phenoxy) is 1. The minimum atomic E-state index is -0.498. The van der Waals surface area contributed by atoms with Gasteiger partial charge >= 0.3 is 0 Å². The molecule has 0 atom stereocenters. The highest BCUT2D eigenvalue weighted by atomic mass is 16.6. The molecule has 8 nitrogen and oxygen atoms in total. The maximum Gasteiger partial charge on any atom is 0.269 e. The van der Waals surface area contributed by atoms with E-state index in [0.29, 0.717) is 22.7 Å². The summed E-state index contributed by atoms with van der Waals surface area (Å²) >= 11 is 0. The van der Waals surface area contributed by atoms with Crippen LogP contribution >= 0.6 is 0 Å². The van der Waals surface area contributed by atoms with Crippen LogP contribution in [0.3, 0.4) is 0 Å². The molecule has 2 aromatic carbocycles. The van der Waals surface area contributed by atoms with Crippen molar-refractivity contribution in [3.63, 3.8) is 0 Å². The van der Waals surface area contributed by atoms with Crippen molar-refractivity contribution in [1.29, 1.82) is 0 Å². The summed E-state index contributed by atoms with van der Waals surface area (Å²) in [6.07, 6.45) is 0. The second-order valence-electron chi connectivity index (χ2n) is 5.54. The van der Waals surface area contributed by atoms with Gasteiger partial charge in [0.25, 0.3) is 11.6 Å². The van der Waals surface area contributed by atoms with Gasteiger partial charge in [-0.25, -0.2) is 0 Å². The van der Waals surface area contributed by atoms with E-state index >= 15 is 0 Å². The Bertz CT molecular complexity index is 865. The Morgan fingerprint density at radius 2 is 2.08 bits per heavy atom. The predicted molar refractivity (Wildman–Crippen MR) is 90.8 cm³/mol. The standard InChI is InChI=1S/C17H15N3O5/c1-11-8-12(20(23)24)6-7-13(11)18-16(21)9-19-14-4-2-3-5-15(14)25-10-17(19)22/h2-8H,9-10H2,1H3,(H,18,21). The van der Waals surface area contributed by atoms with Gasteiger partial charge in [-0.15, -0.1) is 0 Å². The van der Waals surface area contributed by atoms with Crippen molar-refractivity contribution in [2.45, 2.75) is 6.92 Å².